The molecule has 2 heterocycles. The van der Waals surface area contributed by atoms with Gasteiger partial charge in [0.05, 0.1) is 25.1 Å². The Balaban J connectivity index is 2.16. The van der Waals surface area contributed by atoms with Gasteiger partial charge in [0.1, 0.15) is 18.1 Å². The number of aromatic amines is 2. The Morgan fingerprint density at radius 3 is 1.89 bits per heavy atom. The van der Waals surface area contributed by atoms with Crippen LogP contribution in [0.3, 0.4) is 0 Å². The van der Waals surface area contributed by atoms with Crippen molar-refractivity contribution in [3.8, 4) is 0 Å². The summed E-state index contributed by atoms with van der Waals surface area (Å²) in [4.78, 5) is 74.7. The van der Waals surface area contributed by atoms with Crippen LogP contribution in [0.15, 0.2) is 25.0 Å². The molecule has 0 fully saturated rings. The van der Waals surface area contributed by atoms with Crippen LogP contribution in [0.25, 0.3) is 0 Å². The molecule has 3 amide bonds. The SMILES string of the molecule is CSCCC(N)C(=O)NC(Cc1cnc[nH]1)C(=O)NC(CC(=O)O)C(=O)NC(Cc1cnc[nH]1)C(=O)O. The number of hydrogen-bond acceptors (Lipinski definition) is 9. The number of carboxylic acid groups (broad SMARTS) is 2. The lowest BCUT2D eigenvalue weighted by molar-refractivity contribution is -0.143. The number of nitrogens with two attached hydrogens (primary N) is 1. The van der Waals surface area contributed by atoms with E-state index in [1.165, 1.54) is 36.8 Å². The van der Waals surface area contributed by atoms with Gasteiger partial charge >= 0.3 is 11.9 Å². The van der Waals surface area contributed by atoms with Gasteiger partial charge in [0.15, 0.2) is 0 Å². The quantitative estimate of drug-likeness (QED) is 0.116. The van der Waals surface area contributed by atoms with E-state index in [1.807, 2.05) is 6.26 Å². The molecule has 16 heteroatoms. The summed E-state index contributed by atoms with van der Waals surface area (Å²) in [5.74, 6) is -4.64. The molecule has 202 valence electrons. The zero-order valence-electron chi connectivity index (χ0n) is 20.0. The van der Waals surface area contributed by atoms with Crippen LogP contribution in [0, 0.1) is 0 Å². The number of carbonyl (C=O) groups excluding carboxylic acids is 3. The van der Waals surface area contributed by atoms with Crippen LogP contribution in [0.5, 0.6) is 0 Å². The average molecular weight is 539 g/mol. The van der Waals surface area contributed by atoms with Crippen molar-refractivity contribution in [2.24, 2.45) is 5.73 Å². The van der Waals surface area contributed by atoms with Gasteiger partial charge in [0, 0.05) is 36.6 Å². The highest BCUT2D eigenvalue weighted by atomic mass is 32.2. The van der Waals surface area contributed by atoms with Gasteiger partial charge in [-0.3, -0.25) is 19.2 Å². The number of H-pyrrole nitrogens is 2. The Morgan fingerprint density at radius 1 is 0.892 bits per heavy atom. The fourth-order valence-corrected chi connectivity index (χ4v) is 3.71. The minimum absolute atomic E-state index is 0.0498. The summed E-state index contributed by atoms with van der Waals surface area (Å²) in [6.07, 6.45) is 6.73. The summed E-state index contributed by atoms with van der Waals surface area (Å²) in [6, 6.07) is -5.16. The molecule has 2 aromatic rings. The second kappa shape index (κ2) is 14.6. The molecule has 0 radical (unpaired) electrons. The Kier molecular flexibility index (Phi) is 11.6. The summed E-state index contributed by atoms with van der Waals surface area (Å²) in [6.45, 7) is 0. The molecule has 0 saturated carbocycles. The summed E-state index contributed by atoms with van der Waals surface area (Å²) >= 11 is 1.50. The monoisotopic (exact) mass is 538 g/mol. The predicted molar refractivity (Wildman–Crippen MR) is 131 cm³/mol. The molecule has 0 saturated heterocycles. The highest BCUT2D eigenvalue weighted by molar-refractivity contribution is 7.98. The van der Waals surface area contributed by atoms with Crippen LogP contribution in [0.4, 0.5) is 0 Å². The molecule has 0 aliphatic rings. The molecule has 4 unspecified atom stereocenters. The number of nitrogens with one attached hydrogen (secondary N) is 5. The highest BCUT2D eigenvalue weighted by Gasteiger charge is 2.32. The zero-order chi connectivity index (χ0) is 27.4. The maximum Gasteiger partial charge on any atom is 0.326 e. The number of amides is 3. The Bertz CT molecular complexity index is 1050. The molecule has 0 spiro atoms. The van der Waals surface area contributed by atoms with Crippen molar-refractivity contribution in [3.05, 3.63) is 36.4 Å². The van der Waals surface area contributed by atoms with Crippen molar-refractivity contribution < 1.29 is 34.2 Å². The van der Waals surface area contributed by atoms with E-state index in [0.717, 1.165) is 0 Å². The van der Waals surface area contributed by atoms with Crippen LogP contribution >= 0.6 is 11.8 Å². The van der Waals surface area contributed by atoms with Crippen molar-refractivity contribution in [2.45, 2.75) is 49.9 Å². The lowest BCUT2D eigenvalue weighted by Gasteiger charge is -2.24. The third-order valence-electron chi connectivity index (χ3n) is 5.19. The fourth-order valence-electron chi connectivity index (χ4n) is 3.23. The fraction of sp³-hybridized carbons (Fsp3) is 0.476. The number of aliphatic carboxylic acids is 2. The van der Waals surface area contributed by atoms with Crippen LogP contribution < -0.4 is 21.7 Å². The van der Waals surface area contributed by atoms with Gasteiger partial charge in [-0.2, -0.15) is 11.8 Å². The molecule has 2 aromatic heterocycles. The Hall–Kier alpha value is -3.92. The Labute approximate surface area is 215 Å². The van der Waals surface area contributed by atoms with Crippen LogP contribution in [0.1, 0.15) is 24.2 Å². The molecular weight excluding hydrogens is 508 g/mol. The first-order chi connectivity index (χ1) is 17.6. The Morgan fingerprint density at radius 2 is 1.41 bits per heavy atom. The zero-order valence-corrected chi connectivity index (χ0v) is 20.8. The van der Waals surface area contributed by atoms with E-state index in [-0.39, 0.29) is 12.8 Å². The third-order valence-corrected chi connectivity index (χ3v) is 5.83. The molecule has 37 heavy (non-hydrogen) atoms. The van der Waals surface area contributed by atoms with E-state index < -0.39 is 60.2 Å². The lowest BCUT2D eigenvalue weighted by atomic mass is 10.1. The number of nitrogens with zero attached hydrogens (tertiary/aromatic N) is 2. The van der Waals surface area contributed by atoms with Crippen LogP contribution in [0.2, 0.25) is 0 Å². The normalized spacial score (nSPS) is 14.1. The van der Waals surface area contributed by atoms with Gasteiger partial charge < -0.3 is 41.9 Å². The second-order valence-corrected chi connectivity index (χ2v) is 9.06. The van der Waals surface area contributed by atoms with E-state index >= 15 is 0 Å². The first-order valence-electron chi connectivity index (χ1n) is 11.1. The molecular formula is C21H30N8O7S. The summed E-state index contributed by atoms with van der Waals surface area (Å²) < 4.78 is 0. The van der Waals surface area contributed by atoms with Gasteiger partial charge in [0.25, 0.3) is 0 Å². The van der Waals surface area contributed by atoms with E-state index in [1.54, 1.807) is 0 Å². The molecule has 0 aliphatic heterocycles. The average Bonchev–Trinajstić information content (AvgIpc) is 3.55. The third kappa shape index (κ3) is 9.92. The molecule has 15 nitrogen and oxygen atoms in total. The topological polar surface area (TPSA) is 245 Å². The molecule has 4 atom stereocenters. The highest BCUT2D eigenvalue weighted by Crippen LogP contribution is 2.05. The molecule has 0 bridgehead atoms. The summed E-state index contributed by atoms with van der Waals surface area (Å²) in [5, 5.41) is 25.9. The molecule has 0 aliphatic carbocycles. The van der Waals surface area contributed by atoms with Gasteiger partial charge in [0.2, 0.25) is 17.7 Å². The largest absolute Gasteiger partial charge is 0.481 e. The standard InChI is InChI=1S/C21H30N8O7S/c1-37-3-2-13(22)18(32)27-14(4-11-7-23-9-25-11)19(33)28-15(6-17(30)31)20(34)29-16(21(35)36)5-12-8-24-10-26-12/h7-10,13-16H,2-6,22H2,1H3,(H,23,25)(H,24,26)(H,27,32)(H,28,33)(H,29,34)(H,30,31)(H,35,36). The van der Waals surface area contributed by atoms with E-state index in [9.17, 15) is 34.2 Å². The lowest BCUT2D eigenvalue weighted by Crippen LogP contribution is -2.58. The van der Waals surface area contributed by atoms with E-state index in [4.69, 9.17) is 5.73 Å². The van der Waals surface area contributed by atoms with Crippen molar-refractivity contribution in [1.82, 2.24) is 35.9 Å². The number of thioether (sulfide) groups is 1. The van der Waals surface area contributed by atoms with Crippen LogP contribution in [-0.4, -0.2) is 96.0 Å². The number of rotatable bonds is 16. The first-order valence-corrected chi connectivity index (χ1v) is 12.5. The van der Waals surface area contributed by atoms with Crippen LogP contribution in [-0.2, 0) is 36.8 Å². The van der Waals surface area contributed by atoms with Crippen molar-refractivity contribution >= 4 is 41.4 Å². The van der Waals surface area contributed by atoms with Gasteiger partial charge in [-0.1, -0.05) is 0 Å². The van der Waals surface area contributed by atoms with E-state index in [2.05, 4.69) is 35.9 Å². The second-order valence-electron chi connectivity index (χ2n) is 8.07. The predicted octanol–water partition coefficient (Wildman–Crippen LogP) is -1.99. The maximum atomic E-state index is 13.1. The number of imidazole rings is 2. The number of hydrogen-bond donors (Lipinski definition) is 8. The van der Waals surface area contributed by atoms with Gasteiger partial charge in [-0.25, -0.2) is 14.8 Å². The number of aromatic nitrogens is 4. The minimum atomic E-state index is -1.63. The first kappa shape index (κ1) is 29.3. The minimum Gasteiger partial charge on any atom is -0.481 e. The molecule has 2 rings (SSSR count). The summed E-state index contributed by atoms with van der Waals surface area (Å²) in [7, 11) is 0. The molecule has 0 aromatic carbocycles. The van der Waals surface area contributed by atoms with Crippen molar-refractivity contribution in [1.29, 1.82) is 0 Å². The number of carboxylic acids is 2. The smallest absolute Gasteiger partial charge is 0.326 e. The molecule has 9 N–H and O–H groups in total. The van der Waals surface area contributed by atoms with E-state index in [0.29, 0.717) is 23.6 Å². The maximum absolute atomic E-state index is 13.1. The van der Waals surface area contributed by atoms with Crippen molar-refractivity contribution in [2.75, 3.05) is 12.0 Å². The van der Waals surface area contributed by atoms with Gasteiger partial charge in [-0.05, 0) is 18.4 Å². The summed E-state index contributed by atoms with van der Waals surface area (Å²) in [5.41, 5.74) is 6.81. The van der Waals surface area contributed by atoms with Gasteiger partial charge in [-0.15, -0.1) is 0 Å². The van der Waals surface area contributed by atoms with Crippen molar-refractivity contribution in [3.63, 3.8) is 0 Å². The number of carbonyl (C=O) groups is 5.